The van der Waals surface area contributed by atoms with Gasteiger partial charge in [0.15, 0.2) is 0 Å². The van der Waals surface area contributed by atoms with Gasteiger partial charge < -0.3 is 14.7 Å². The molecule has 1 N–H and O–H groups in total. The van der Waals surface area contributed by atoms with Crippen LogP contribution in [0.25, 0.3) is 0 Å². The minimum Gasteiger partial charge on any atom is -0.396 e. The van der Waals surface area contributed by atoms with Crippen LogP contribution in [-0.4, -0.2) is 73.5 Å². The third kappa shape index (κ3) is 2.36. The van der Waals surface area contributed by atoms with Crippen molar-refractivity contribution in [2.75, 3.05) is 52.5 Å². The molecule has 4 heteroatoms. The van der Waals surface area contributed by atoms with Crippen LogP contribution < -0.4 is 0 Å². The van der Waals surface area contributed by atoms with Crippen molar-refractivity contribution in [3.05, 3.63) is 0 Å². The lowest BCUT2D eigenvalue weighted by Crippen LogP contribution is -2.53. The van der Waals surface area contributed by atoms with Crippen molar-refractivity contribution < 1.29 is 9.84 Å². The number of nitrogens with zero attached hydrogens (tertiary/aromatic N) is 2. The Labute approximate surface area is 104 Å². The zero-order valence-corrected chi connectivity index (χ0v) is 10.6. The third-order valence-corrected chi connectivity index (χ3v) is 4.62. The fourth-order valence-electron chi connectivity index (χ4n) is 3.46. The van der Waals surface area contributed by atoms with Gasteiger partial charge in [-0.1, -0.05) is 0 Å². The monoisotopic (exact) mass is 240 g/mol. The van der Waals surface area contributed by atoms with Crippen LogP contribution >= 0.6 is 0 Å². The van der Waals surface area contributed by atoms with Gasteiger partial charge in [-0.3, -0.25) is 4.90 Å². The summed E-state index contributed by atoms with van der Waals surface area (Å²) in [5.74, 6) is 0. The van der Waals surface area contributed by atoms with Crippen molar-refractivity contribution in [2.24, 2.45) is 5.41 Å². The van der Waals surface area contributed by atoms with Gasteiger partial charge in [0.1, 0.15) is 0 Å². The summed E-state index contributed by atoms with van der Waals surface area (Å²) in [6, 6.07) is 0.772. The first-order chi connectivity index (χ1) is 8.31. The molecule has 3 aliphatic rings. The first kappa shape index (κ1) is 11.9. The molecule has 98 valence electrons. The lowest BCUT2D eigenvalue weighted by molar-refractivity contribution is -0.146. The predicted molar refractivity (Wildman–Crippen MR) is 66.0 cm³/mol. The second-order valence-electron chi connectivity index (χ2n) is 6.07. The summed E-state index contributed by atoms with van der Waals surface area (Å²) in [7, 11) is 0. The van der Waals surface area contributed by atoms with Crippen molar-refractivity contribution >= 4 is 0 Å². The van der Waals surface area contributed by atoms with E-state index < -0.39 is 0 Å². The van der Waals surface area contributed by atoms with Gasteiger partial charge >= 0.3 is 0 Å². The molecule has 1 atom stereocenters. The minimum absolute atomic E-state index is 0.0555. The second kappa shape index (κ2) is 4.84. The van der Waals surface area contributed by atoms with Gasteiger partial charge in [0.05, 0.1) is 25.2 Å². The molecular formula is C13H24N2O2. The molecule has 0 radical (unpaired) electrons. The van der Waals surface area contributed by atoms with E-state index in [9.17, 15) is 5.11 Å². The van der Waals surface area contributed by atoms with Gasteiger partial charge in [-0.05, 0) is 38.9 Å². The molecular weight excluding hydrogens is 216 g/mol. The molecule has 0 aromatic carbocycles. The highest BCUT2D eigenvalue weighted by Crippen LogP contribution is 2.30. The van der Waals surface area contributed by atoms with Gasteiger partial charge in [-0.15, -0.1) is 0 Å². The molecule has 0 amide bonds. The Balaban J connectivity index is 1.50. The maximum Gasteiger partial charge on any atom is 0.0579 e. The van der Waals surface area contributed by atoms with E-state index in [2.05, 4.69) is 9.80 Å². The number of hydrogen-bond donors (Lipinski definition) is 1. The average Bonchev–Trinajstić information content (AvgIpc) is 2.94. The molecule has 4 nitrogen and oxygen atoms in total. The highest BCUT2D eigenvalue weighted by Gasteiger charge is 2.41. The maximum atomic E-state index is 9.46. The van der Waals surface area contributed by atoms with Gasteiger partial charge in [-0.2, -0.15) is 0 Å². The Morgan fingerprint density at radius 1 is 1.18 bits per heavy atom. The summed E-state index contributed by atoms with van der Waals surface area (Å²) >= 11 is 0. The van der Waals surface area contributed by atoms with E-state index >= 15 is 0 Å². The molecule has 0 aliphatic carbocycles. The molecule has 1 unspecified atom stereocenters. The SMILES string of the molecule is OCC1(CN2CCC(N3CCCC3)C2)COC1. The van der Waals surface area contributed by atoms with E-state index in [0.29, 0.717) is 0 Å². The quantitative estimate of drug-likeness (QED) is 0.760. The first-order valence-corrected chi connectivity index (χ1v) is 6.96. The van der Waals surface area contributed by atoms with E-state index in [1.807, 2.05) is 0 Å². The van der Waals surface area contributed by atoms with E-state index in [1.54, 1.807) is 0 Å². The normalized spacial score (nSPS) is 34.1. The summed E-state index contributed by atoms with van der Waals surface area (Å²) in [5.41, 5.74) is 0.0555. The van der Waals surface area contributed by atoms with Crippen molar-refractivity contribution in [3.8, 4) is 0 Å². The lowest BCUT2D eigenvalue weighted by Gasteiger charge is -2.42. The molecule has 0 aromatic heterocycles. The number of likely N-dealkylation sites (tertiary alicyclic amines) is 2. The highest BCUT2D eigenvalue weighted by atomic mass is 16.5. The summed E-state index contributed by atoms with van der Waals surface area (Å²) in [5, 5.41) is 9.46. The zero-order valence-electron chi connectivity index (χ0n) is 10.6. The van der Waals surface area contributed by atoms with Crippen molar-refractivity contribution in [1.82, 2.24) is 9.80 Å². The van der Waals surface area contributed by atoms with Crippen LogP contribution in [0, 0.1) is 5.41 Å². The zero-order chi connectivity index (χ0) is 11.7. The molecule has 0 saturated carbocycles. The number of ether oxygens (including phenoxy) is 1. The van der Waals surface area contributed by atoms with Crippen LogP contribution in [0.4, 0.5) is 0 Å². The van der Waals surface area contributed by atoms with Crippen LogP contribution in [0.2, 0.25) is 0 Å². The molecule has 3 saturated heterocycles. The lowest BCUT2D eigenvalue weighted by atomic mass is 9.86. The van der Waals surface area contributed by atoms with Crippen molar-refractivity contribution in [1.29, 1.82) is 0 Å². The second-order valence-corrected chi connectivity index (χ2v) is 6.07. The van der Waals surface area contributed by atoms with Crippen molar-refractivity contribution in [2.45, 2.75) is 25.3 Å². The van der Waals surface area contributed by atoms with E-state index in [1.165, 1.54) is 45.4 Å². The highest BCUT2D eigenvalue weighted by molar-refractivity contribution is 4.92. The maximum absolute atomic E-state index is 9.46. The molecule has 3 heterocycles. The summed E-state index contributed by atoms with van der Waals surface area (Å²) < 4.78 is 5.27. The smallest absolute Gasteiger partial charge is 0.0579 e. The van der Waals surface area contributed by atoms with Gasteiger partial charge in [-0.25, -0.2) is 0 Å². The molecule has 17 heavy (non-hydrogen) atoms. The van der Waals surface area contributed by atoms with E-state index in [4.69, 9.17) is 4.74 Å². The minimum atomic E-state index is 0.0555. The van der Waals surface area contributed by atoms with Crippen LogP contribution in [0.3, 0.4) is 0 Å². The number of hydrogen-bond acceptors (Lipinski definition) is 4. The van der Waals surface area contributed by atoms with E-state index in [-0.39, 0.29) is 12.0 Å². The third-order valence-electron chi connectivity index (χ3n) is 4.62. The Morgan fingerprint density at radius 2 is 1.94 bits per heavy atom. The van der Waals surface area contributed by atoms with Gasteiger partial charge in [0.25, 0.3) is 0 Å². The van der Waals surface area contributed by atoms with Crippen LogP contribution in [0.1, 0.15) is 19.3 Å². The largest absolute Gasteiger partial charge is 0.396 e. The first-order valence-electron chi connectivity index (χ1n) is 6.96. The molecule has 3 fully saturated rings. The predicted octanol–water partition coefficient (Wildman–Crippen LogP) is 0.165. The number of rotatable bonds is 4. The fourth-order valence-corrected chi connectivity index (χ4v) is 3.46. The number of aliphatic hydroxyl groups excluding tert-OH is 1. The van der Waals surface area contributed by atoms with Crippen LogP contribution in [0.15, 0.2) is 0 Å². The molecule has 0 spiro atoms. The molecule has 3 aliphatic heterocycles. The average molecular weight is 240 g/mol. The Bertz CT molecular complexity index is 257. The standard InChI is InChI=1S/C13H24N2O2/c16-9-13(10-17-11-13)8-14-6-3-12(7-14)15-4-1-2-5-15/h12,16H,1-11H2. The topological polar surface area (TPSA) is 35.9 Å². The Morgan fingerprint density at radius 3 is 2.53 bits per heavy atom. The summed E-state index contributed by atoms with van der Waals surface area (Å²) in [4.78, 5) is 5.19. The van der Waals surface area contributed by atoms with Crippen LogP contribution in [0.5, 0.6) is 0 Å². The molecule has 0 bridgehead atoms. The fraction of sp³-hybridized carbons (Fsp3) is 1.00. The Kier molecular flexibility index (Phi) is 3.39. The molecule has 0 aromatic rings. The van der Waals surface area contributed by atoms with Gasteiger partial charge in [0.2, 0.25) is 0 Å². The van der Waals surface area contributed by atoms with Crippen molar-refractivity contribution in [3.63, 3.8) is 0 Å². The summed E-state index contributed by atoms with van der Waals surface area (Å²) in [6.45, 7) is 7.78. The molecule has 3 rings (SSSR count). The Hall–Kier alpha value is -0.160. The summed E-state index contributed by atoms with van der Waals surface area (Å²) in [6.07, 6.45) is 4.07. The van der Waals surface area contributed by atoms with Gasteiger partial charge in [0, 0.05) is 19.1 Å². The van der Waals surface area contributed by atoms with E-state index in [0.717, 1.165) is 25.8 Å². The number of aliphatic hydroxyl groups is 1. The van der Waals surface area contributed by atoms with Crippen LogP contribution in [-0.2, 0) is 4.74 Å².